The van der Waals surface area contributed by atoms with Gasteiger partial charge in [0.1, 0.15) is 6.61 Å². The van der Waals surface area contributed by atoms with Gasteiger partial charge >= 0.3 is 0 Å². The van der Waals surface area contributed by atoms with Crippen LogP contribution in [0, 0.1) is 0 Å². The molecule has 0 spiro atoms. The maximum absolute atomic E-state index is 5.97. The third-order valence-electron chi connectivity index (χ3n) is 1.66. The average molecular weight is 348 g/mol. The number of rotatable bonds is 6. The molecule has 1 aromatic rings. The molecule has 0 atom stereocenters. The van der Waals surface area contributed by atoms with Gasteiger partial charge in [-0.3, -0.25) is 0 Å². The molecule has 1 aromatic carbocycles. The molecule has 16 heavy (non-hydrogen) atoms. The molecule has 0 saturated heterocycles. The summed E-state index contributed by atoms with van der Waals surface area (Å²) in [5.74, 6) is 1.05. The van der Waals surface area contributed by atoms with E-state index in [0.29, 0.717) is 41.5 Å². The molecule has 0 bridgehead atoms. The predicted molar refractivity (Wildman–Crippen MR) is 71.2 cm³/mol. The molecule has 0 unspecified atom stereocenters. The van der Waals surface area contributed by atoms with Gasteiger partial charge in [-0.25, -0.2) is 0 Å². The van der Waals surface area contributed by atoms with Gasteiger partial charge in [-0.15, -0.1) is 11.6 Å². The maximum atomic E-state index is 5.97. The number of hydrogen-bond acceptors (Lipinski definition) is 2. The second-order valence-electron chi connectivity index (χ2n) is 2.85. The first-order chi connectivity index (χ1) is 7.65. The monoisotopic (exact) mass is 346 g/mol. The Hall–Kier alpha value is 0.330. The van der Waals surface area contributed by atoms with Gasteiger partial charge in [-0.05, 0) is 28.1 Å². The van der Waals surface area contributed by atoms with Gasteiger partial charge in [0.2, 0.25) is 0 Å². The molecule has 0 heterocycles. The summed E-state index contributed by atoms with van der Waals surface area (Å²) in [4.78, 5) is 0. The van der Waals surface area contributed by atoms with Crippen molar-refractivity contribution in [2.24, 2.45) is 0 Å². The zero-order valence-corrected chi connectivity index (χ0v) is 12.2. The topological polar surface area (TPSA) is 18.5 Å². The van der Waals surface area contributed by atoms with Crippen molar-refractivity contribution in [1.29, 1.82) is 0 Å². The van der Waals surface area contributed by atoms with Crippen LogP contribution < -0.4 is 4.74 Å². The third kappa shape index (κ3) is 4.68. The van der Waals surface area contributed by atoms with E-state index in [1.54, 1.807) is 12.1 Å². The van der Waals surface area contributed by atoms with Crippen LogP contribution in [0.25, 0.3) is 0 Å². The SMILES string of the molecule is ClCCOCCOc1c(Cl)cc(Cl)cc1Br. The minimum absolute atomic E-state index is 0.414. The number of ether oxygens (including phenoxy) is 2. The zero-order valence-electron chi connectivity index (χ0n) is 8.31. The normalized spacial score (nSPS) is 10.5. The summed E-state index contributed by atoms with van der Waals surface area (Å²) < 4.78 is 11.4. The third-order valence-corrected chi connectivity index (χ3v) is 2.90. The molecular weight excluding hydrogens is 338 g/mol. The van der Waals surface area contributed by atoms with Crippen molar-refractivity contribution in [2.45, 2.75) is 0 Å². The van der Waals surface area contributed by atoms with E-state index in [-0.39, 0.29) is 0 Å². The fourth-order valence-electron chi connectivity index (χ4n) is 1.03. The van der Waals surface area contributed by atoms with Crippen LogP contribution in [-0.4, -0.2) is 25.7 Å². The summed E-state index contributed by atoms with van der Waals surface area (Å²) in [6.07, 6.45) is 0. The zero-order chi connectivity index (χ0) is 12.0. The predicted octanol–water partition coefficient (Wildman–Crippen LogP) is 4.39. The lowest BCUT2D eigenvalue weighted by Crippen LogP contribution is -2.08. The summed E-state index contributed by atoms with van der Waals surface area (Å²) in [5, 5.41) is 1.03. The Labute approximate surface area is 118 Å². The number of alkyl halides is 1. The van der Waals surface area contributed by atoms with Gasteiger partial charge in [0.05, 0.1) is 22.7 Å². The van der Waals surface area contributed by atoms with Crippen molar-refractivity contribution in [1.82, 2.24) is 0 Å². The summed E-state index contributed by atoms with van der Waals surface area (Å²) in [7, 11) is 0. The minimum atomic E-state index is 0.414. The first-order valence-electron chi connectivity index (χ1n) is 4.56. The van der Waals surface area contributed by atoms with E-state index < -0.39 is 0 Å². The highest BCUT2D eigenvalue weighted by Gasteiger charge is 2.08. The van der Waals surface area contributed by atoms with Gasteiger partial charge in [-0.2, -0.15) is 0 Å². The molecule has 90 valence electrons. The summed E-state index contributed by atoms with van der Waals surface area (Å²) in [6.45, 7) is 1.40. The standard InChI is InChI=1S/C10H10BrCl3O2/c11-8-5-7(13)6-9(14)10(8)16-4-3-15-2-1-12/h5-6H,1-4H2. The number of halogens is 4. The van der Waals surface area contributed by atoms with E-state index in [4.69, 9.17) is 44.3 Å². The molecular formula is C10H10BrCl3O2. The highest BCUT2D eigenvalue weighted by atomic mass is 79.9. The first kappa shape index (κ1) is 14.4. The molecule has 6 heteroatoms. The molecule has 0 aromatic heterocycles. The van der Waals surface area contributed by atoms with Gasteiger partial charge in [0, 0.05) is 10.9 Å². The van der Waals surface area contributed by atoms with Crippen molar-refractivity contribution in [2.75, 3.05) is 25.7 Å². The Morgan fingerprint density at radius 3 is 2.50 bits per heavy atom. The van der Waals surface area contributed by atoms with Crippen LogP contribution in [0.5, 0.6) is 5.75 Å². The molecule has 2 nitrogen and oxygen atoms in total. The van der Waals surface area contributed by atoms with E-state index in [2.05, 4.69) is 15.9 Å². The van der Waals surface area contributed by atoms with E-state index in [1.807, 2.05) is 0 Å². The minimum Gasteiger partial charge on any atom is -0.488 e. The van der Waals surface area contributed by atoms with Crippen LogP contribution in [0.4, 0.5) is 0 Å². The Bertz CT molecular complexity index is 324. The summed E-state index contributed by atoms with van der Waals surface area (Å²) in [5.41, 5.74) is 0. The first-order valence-corrected chi connectivity index (χ1v) is 6.64. The molecule has 0 aliphatic carbocycles. The van der Waals surface area contributed by atoms with E-state index in [1.165, 1.54) is 0 Å². The van der Waals surface area contributed by atoms with Gasteiger partial charge in [0.15, 0.2) is 5.75 Å². The van der Waals surface area contributed by atoms with Crippen LogP contribution in [0.15, 0.2) is 16.6 Å². The van der Waals surface area contributed by atoms with E-state index >= 15 is 0 Å². The highest BCUT2D eigenvalue weighted by Crippen LogP contribution is 2.35. The van der Waals surface area contributed by atoms with E-state index in [9.17, 15) is 0 Å². The molecule has 1 rings (SSSR count). The van der Waals surface area contributed by atoms with Crippen molar-refractivity contribution in [3.8, 4) is 5.75 Å². The molecule has 0 aliphatic heterocycles. The van der Waals surface area contributed by atoms with Crippen LogP contribution >= 0.6 is 50.7 Å². The second kappa shape index (κ2) is 7.62. The Morgan fingerprint density at radius 1 is 1.12 bits per heavy atom. The van der Waals surface area contributed by atoms with Crippen LogP contribution in [-0.2, 0) is 4.74 Å². The fourth-order valence-corrected chi connectivity index (χ4v) is 2.50. The second-order valence-corrected chi connectivity index (χ2v) is 4.92. The number of hydrogen-bond donors (Lipinski definition) is 0. The van der Waals surface area contributed by atoms with Crippen LogP contribution in [0.3, 0.4) is 0 Å². The van der Waals surface area contributed by atoms with Crippen molar-refractivity contribution in [3.05, 3.63) is 26.7 Å². The number of benzene rings is 1. The van der Waals surface area contributed by atoms with Crippen LogP contribution in [0.2, 0.25) is 10.0 Å². The average Bonchev–Trinajstić information content (AvgIpc) is 2.20. The van der Waals surface area contributed by atoms with Crippen LogP contribution in [0.1, 0.15) is 0 Å². The quantitative estimate of drug-likeness (QED) is 0.561. The largest absolute Gasteiger partial charge is 0.488 e. The lowest BCUT2D eigenvalue weighted by molar-refractivity contribution is 0.111. The molecule has 0 N–H and O–H groups in total. The maximum Gasteiger partial charge on any atom is 0.152 e. The Kier molecular flexibility index (Phi) is 6.85. The molecule has 0 aliphatic rings. The molecule has 0 fully saturated rings. The lowest BCUT2D eigenvalue weighted by atomic mass is 10.3. The van der Waals surface area contributed by atoms with Crippen molar-refractivity contribution >= 4 is 50.7 Å². The summed E-state index contributed by atoms with van der Waals surface area (Å²) >= 11 is 20.6. The van der Waals surface area contributed by atoms with E-state index in [0.717, 1.165) is 4.47 Å². The Morgan fingerprint density at radius 2 is 1.88 bits per heavy atom. The summed E-state index contributed by atoms with van der Waals surface area (Å²) in [6, 6.07) is 3.35. The van der Waals surface area contributed by atoms with Gasteiger partial charge < -0.3 is 9.47 Å². The lowest BCUT2D eigenvalue weighted by Gasteiger charge is -2.10. The Balaban J connectivity index is 2.47. The smallest absolute Gasteiger partial charge is 0.152 e. The fraction of sp³-hybridized carbons (Fsp3) is 0.400. The molecule has 0 radical (unpaired) electrons. The molecule has 0 saturated carbocycles. The van der Waals surface area contributed by atoms with Crippen molar-refractivity contribution in [3.63, 3.8) is 0 Å². The van der Waals surface area contributed by atoms with Crippen molar-refractivity contribution < 1.29 is 9.47 Å². The van der Waals surface area contributed by atoms with Gasteiger partial charge in [-0.1, -0.05) is 23.2 Å². The highest BCUT2D eigenvalue weighted by molar-refractivity contribution is 9.10. The van der Waals surface area contributed by atoms with Gasteiger partial charge in [0.25, 0.3) is 0 Å². The molecule has 0 amide bonds.